The lowest BCUT2D eigenvalue weighted by molar-refractivity contribution is 0.0707. The van der Waals surface area contributed by atoms with Crippen molar-refractivity contribution in [3.05, 3.63) is 87.4 Å². The molecule has 3 aromatic rings. The van der Waals surface area contributed by atoms with Crippen LogP contribution in [0.15, 0.2) is 70.0 Å². The van der Waals surface area contributed by atoms with Crippen LogP contribution >= 0.6 is 15.9 Å². The molecule has 7 nitrogen and oxygen atoms in total. The lowest BCUT2D eigenvalue weighted by Gasteiger charge is -2.28. The van der Waals surface area contributed by atoms with Gasteiger partial charge in [-0.05, 0) is 73.0 Å². The Labute approximate surface area is 195 Å². The Morgan fingerprint density at radius 2 is 1.69 bits per heavy atom. The van der Waals surface area contributed by atoms with Crippen LogP contribution in [-0.4, -0.2) is 26.6 Å². The van der Waals surface area contributed by atoms with Crippen LogP contribution < -0.4 is 14.5 Å². The van der Waals surface area contributed by atoms with Crippen molar-refractivity contribution in [3.63, 3.8) is 0 Å². The Bertz CT molecular complexity index is 1230. The third-order valence-electron chi connectivity index (χ3n) is 4.93. The summed E-state index contributed by atoms with van der Waals surface area (Å²) < 4.78 is 34.8. The third kappa shape index (κ3) is 4.95. The molecule has 32 heavy (non-hydrogen) atoms. The van der Waals surface area contributed by atoms with Crippen LogP contribution in [0.25, 0.3) is 0 Å². The summed E-state index contributed by atoms with van der Waals surface area (Å²) >= 11 is 3.38. The van der Waals surface area contributed by atoms with Crippen LogP contribution in [0.4, 0.5) is 5.69 Å². The minimum Gasteiger partial charge on any atom is -0.497 e. The summed E-state index contributed by atoms with van der Waals surface area (Å²) in [5.74, 6) is -0.271. The van der Waals surface area contributed by atoms with Crippen LogP contribution in [0.2, 0.25) is 0 Å². The molecule has 9 heteroatoms. The largest absolute Gasteiger partial charge is 0.497 e. The molecule has 0 saturated carbocycles. The number of anilines is 1. The maximum atomic E-state index is 13.8. The van der Waals surface area contributed by atoms with Crippen molar-refractivity contribution >= 4 is 37.5 Å². The van der Waals surface area contributed by atoms with Gasteiger partial charge in [0.1, 0.15) is 5.75 Å². The monoisotopic (exact) mass is 518 g/mol. The molecular weight excluding hydrogens is 496 g/mol. The lowest BCUT2D eigenvalue weighted by Crippen LogP contribution is -2.34. The molecule has 3 aromatic carbocycles. The molecule has 0 aromatic heterocycles. The summed E-state index contributed by atoms with van der Waals surface area (Å²) in [5, 5.41) is 9.29. The van der Waals surface area contributed by atoms with Crippen LogP contribution in [0.1, 0.15) is 27.0 Å². The Balaban J connectivity index is 2.23. The summed E-state index contributed by atoms with van der Waals surface area (Å²) in [7, 11) is -2.58. The summed E-state index contributed by atoms with van der Waals surface area (Å²) in [6, 6.07) is 16.6. The fraction of sp³-hybridized carbons (Fsp3) is 0.174. The molecule has 3 rings (SSSR count). The molecule has 0 saturated heterocycles. The normalized spacial score (nSPS) is 11.2. The number of aryl methyl sites for hydroxylation is 2. The van der Waals surface area contributed by atoms with Crippen molar-refractivity contribution < 1.29 is 23.2 Å². The van der Waals surface area contributed by atoms with Crippen molar-refractivity contribution in [3.8, 4) is 5.75 Å². The number of nitrogens with one attached hydrogen (secondary N) is 1. The molecule has 0 heterocycles. The van der Waals surface area contributed by atoms with Gasteiger partial charge in [-0.1, -0.05) is 34.1 Å². The predicted octanol–water partition coefficient (Wildman–Crippen LogP) is 4.59. The first kappa shape index (κ1) is 23.8. The summed E-state index contributed by atoms with van der Waals surface area (Å²) in [6.45, 7) is 3.51. The van der Waals surface area contributed by atoms with Crippen LogP contribution in [0, 0.1) is 13.8 Å². The van der Waals surface area contributed by atoms with Crippen molar-refractivity contribution in [2.75, 3.05) is 11.4 Å². The number of hydrogen-bond donors (Lipinski definition) is 2. The van der Waals surface area contributed by atoms with E-state index in [9.17, 15) is 18.4 Å². The molecule has 0 unspecified atom stereocenters. The number of methoxy groups -OCH3 is 1. The number of hydroxylamine groups is 1. The van der Waals surface area contributed by atoms with Gasteiger partial charge in [-0.2, -0.15) is 0 Å². The molecule has 0 aliphatic heterocycles. The van der Waals surface area contributed by atoms with E-state index in [-0.39, 0.29) is 22.7 Å². The highest BCUT2D eigenvalue weighted by Crippen LogP contribution is 2.34. The van der Waals surface area contributed by atoms with E-state index in [1.54, 1.807) is 55.7 Å². The quantitative estimate of drug-likeness (QED) is 0.352. The van der Waals surface area contributed by atoms with Crippen molar-refractivity contribution in [2.45, 2.75) is 25.3 Å². The third-order valence-corrected chi connectivity index (χ3v) is 7.22. The Morgan fingerprint density at radius 3 is 2.25 bits per heavy atom. The van der Waals surface area contributed by atoms with Gasteiger partial charge in [0.15, 0.2) is 0 Å². The van der Waals surface area contributed by atoms with Gasteiger partial charge in [0.2, 0.25) is 0 Å². The van der Waals surface area contributed by atoms with E-state index < -0.39 is 15.9 Å². The van der Waals surface area contributed by atoms with Crippen LogP contribution in [-0.2, 0) is 16.6 Å². The number of halogens is 1. The number of ether oxygens (including phenoxy) is 1. The number of carbonyl (C=O) groups is 1. The van der Waals surface area contributed by atoms with Gasteiger partial charge in [-0.3, -0.25) is 14.3 Å². The molecule has 2 N–H and O–H groups in total. The number of amides is 1. The minimum absolute atomic E-state index is 0.0166. The summed E-state index contributed by atoms with van der Waals surface area (Å²) in [4.78, 5) is 12.5. The van der Waals surface area contributed by atoms with Crippen molar-refractivity contribution in [2.24, 2.45) is 0 Å². The van der Waals surface area contributed by atoms with Gasteiger partial charge < -0.3 is 4.74 Å². The molecule has 0 radical (unpaired) electrons. The fourth-order valence-corrected chi connectivity index (χ4v) is 5.24. The molecule has 0 spiro atoms. The van der Waals surface area contributed by atoms with E-state index >= 15 is 0 Å². The second-order valence-electron chi connectivity index (χ2n) is 7.23. The second-order valence-corrected chi connectivity index (χ2v) is 10.0. The first-order valence-electron chi connectivity index (χ1n) is 9.64. The SMILES string of the molecule is COc1ccc(S(=O)(=O)N(Cc2ccc(Br)cc2)c2c(C)cc(C)cc2C(=O)NO)cc1. The van der Waals surface area contributed by atoms with E-state index in [1.165, 1.54) is 23.5 Å². The molecular formula is C23H23BrN2O5S. The highest BCUT2D eigenvalue weighted by atomic mass is 79.9. The zero-order valence-corrected chi connectivity index (χ0v) is 20.2. The maximum absolute atomic E-state index is 13.8. The average Bonchev–Trinajstić information content (AvgIpc) is 2.78. The number of rotatable bonds is 7. The predicted molar refractivity (Wildman–Crippen MR) is 126 cm³/mol. The standard InChI is InChI=1S/C23H23BrN2O5S/c1-15-12-16(2)22(21(13-15)23(27)25-28)26(14-17-4-6-18(24)7-5-17)32(29,30)20-10-8-19(31-3)9-11-20/h4-13,28H,14H2,1-3H3,(H,25,27). The molecule has 0 aliphatic rings. The fourth-order valence-electron chi connectivity index (χ4n) is 3.44. The zero-order valence-electron chi connectivity index (χ0n) is 17.8. The first-order valence-corrected chi connectivity index (χ1v) is 11.9. The van der Waals surface area contributed by atoms with E-state index in [4.69, 9.17) is 4.74 Å². The number of nitrogens with zero attached hydrogens (tertiary/aromatic N) is 1. The first-order chi connectivity index (χ1) is 15.2. The van der Waals surface area contributed by atoms with E-state index in [0.29, 0.717) is 11.3 Å². The highest BCUT2D eigenvalue weighted by Gasteiger charge is 2.30. The molecule has 168 valence electrons. The van der Waals surface area contributed by atoms with Gasteiger partial charge in [-0.25, -0.2) is 13.9 Å². The summed E-state index contributed by atoms with van der Waals surface area (Å²) in [5.41, 5.74) is 3.94. The zero-order chi connectivity index (χ0) is 23.5. The lowest BCUT2D eigenvalue weighted by atomic mass is 10.0. The van der Waals surface area contributed by atoms with Gasteiger partial charge in [0.05, 0.1) is 29.8 Å². The maximum Gasteiger partial charge on any atom is 0.276 e. The average molecular weight is 519 g/mol. The van der Waals surface area contributed by atoms with E-state index in [0.717, 1.165) is 15.6 Å². The van der Waals surface area contributed by atoms with Gasteiger partial charge in [0, 0.05) is 4.47 Å². The highest BCUT2D eigenvalue weighted by molar-refractivity contribution is 9.10. The molecule has 0 aliphatic carbocycles. The Morgan fingerprint density at radius 1 is 1.06 bits per heavy atom. The van der Waals surface area contributed by atoms with Gasteiger partial charge in [0.25, 0.3) is 15.9 Å². The van der Waals surface area contributed by atoms with Gasteiger partial charge >= 0.3 is 0 Å². The number of hydrogen-bond acceptors (Lipinski definition) is 5. The van der Waals surface area contributed by atoms with Crippen LogP contribution in [0.3, 0.4) is 0 Å². The smallest absolute Gasteiger partial charge is 0.276 e. The molecule has 0 bridgehead atoms. The minimum atomic E-state index is -4.08. The van der Waals surface area contributed by atoms with Crippen molar-refractivity contribution in [1.29, 1.82) is 0 Å². The molecule has 0 fully saturated rings. The number of benzene rings is 3. The van der Waals surface area contributed by atoms with E-state index in [1.807, 2.05) is 12.1 Å². The summed E-state index contributed by atoms with van der Waals surface area (Å²) in [6.07, 6.45) is 0. The Hall–Kier alpha value is -2.88. The molecule has 0 atom stereocenters. The van der Waals surface area contributed by atoms with Crippen molar-refractivity contribution in [1.82, 2.24) is 5.48 Å². The van der Waals surface area contributed by atoms with Gasteiger partial charge in [-0.15, -0.1) is 0 Å². The van der Waals surface area contributed by atoms with Crippen LogP contribution in [0.5, 0.6) is 5.75 Å². The number of carbonyl (C=O) groups excluding carboxylic acids is 1. The Kier molecular flexibility index (Phi) is 7.22. The molecule has 1 amide bonds. The van der Waals surface area contributed by atoms with E-state index in [2.05, 4.69) is 15.9 Å². The topological polar surface area (TPSA) is 95.9 Å². The number of sulfonamides is 1. The second kappa shape index (κ2) is 9.72.